The average Bonchev–Trinajstić information content (AvgIpc) is 2.43. The van der Waals surface area contributed by atoms with Gasteiger partial charge in [-0.1, -0.05) is 6.07 Å². The molecule has 24 heavy (non-hydrogen) atoms. The van der Waals surface area contributed by atoms with Gasteiger partial charge in [0.25, 0.3) is 5.69 Å². The molecule has 0 heterocycles. The lowest BCUT2D eigenvalue weighted by molar-refractivity contribution is -0.385. The van der Waals surface area contributed by atoms with E-state index in [1.807, 2.05) is 0 Å². The summed E-state index contributed by atoms with van der Waals surface area (Å²) < 4.78 is 5.08. The number of carbonyl (C=O) groups is 2. The van der Waals surface area contributed by atoms with Crippen LogP contribution in [0.1, 0.15) is 39.2 Å². The Morgan fingerprint density at radius 2 is 1.96 bits per heavy atom. The summed E-state index contributed by atoms with van der Waals surface area (Å²) in [5.41, 5.74) is 0.206. The highest BCUT2D eigenvalue weighted by Gasteiger charge is 2.16. The topological polar surface area (TPSA) is 111 Å². The molecule has 0 aliphatic carbocycles. The van der Waals surface area contributed by atoms with Crippen molar-refractivity contribution in [1.82, 2.24) is 5.32 Å². The molecule has 0 saturated heterocycles. The Hall–Kier alpha value is -2.64. The third-order valence-electron chi connectivity index (χ3n) is 3.02. The van der Waals surface area contributed by atoms with Crippen LogP contribution in [0.15, 0.2) is 18.2 Å². The van der Waals surface area contributed by atoms with E-state index in [9.17, 15) is 19.7 Å². The van der Waals surface area contributed by atoms with Crippen molar-refractivity contribution in [2.45, 2.75) is 46.1 Å². The molecule has 0 spiro atoms. The van der Waals surface area contributed by atoms with Crippen LogP contribution in [-0.2, 0) is 9.53 Å². The maximum Gasteiger partial charge on any atom is 0.407 e. The number of nitro groups is 1. The summed E-state index contributed by atoms with van der Waals surface area (Å²) in [6, 6.07) is 4.51. The quantitative estimate of drug-likeness (QED) is 0.470. The first-order chi connectivity index (χ1) is 11.1. The number of benzene rings is 1. The summed E-state index contributed by atoms with van der Waals surface area (Å²) >= 11 is 0. The van der Waals surface area contributed by atoms with Gasteiger partial charge in [-0.15, -0.1) is 0 Å². The van der Waals surface area contributed by atoms with Crippen LogP contribution in [0.5, 0.6) is 0 Å². The summed E-state index contributed by atoms with van der Waals surface area (Å²) in [4.78, 5) is 33.7. The first-order valence-corrected chi connectivity index (χ1v) is 7.61. The Bertz CT molecular complexity index is 623. The number of amides is 2. The molecular weight excluding hydrogens is 314 g/mol. The van der Waals surface area contributed by atoms with E-state index >= 15 is 0 Å². The molecule has 8 heteroatoms. The minimum Gasteiger partial charge on any atom is -0.444 e. The summed E-state index contributed by atoms with van der Waals surface area (Å²) in [5, 5.41) is 16.1. The van der Waals surface area contributed by atoms with E-state index in [0.29, 0.717) is 24.2 Å². The Kier molecular flexibility index (Phi) is 6.69. The number of alkyl carbamates (subject to hydrolysis) is 1. The molecule has 132 valence electrons. The predicted molar refractivity (Wildman–Crippen MR) is 89.9 cm³/mol. The van der Waals surface area contributed by atoms with Gasteiger partial charge in [0.15, 0.2) is 0 Å². The third-order valence-corrected chi connectivity index (χ3v) is 3.02. The summed E-state index contributed by atoms with van der Waals surface area (Å²) in [5.74, 6) is -0.274. The number of ether oxygens (including phenoxy) is 1. The molecule has 0 aromatic heterocycles. The lowest BCUT2D eigenvalue weighted by atomic mass is 10.1. The minimum absolute atomic E-state index is 0.0422. The first kappa shape index (κ1) is 19.4. The molecule has 0 unspecified atom stereocenters. The maximum absolute atomic E-state index is 11.9. The van der Waals surface area contributed by atoms with Crippen molar-refractivity contribution in [2.75, 3.05) is 11.9 Å². The van der Waals surface area contributed by atoms with Crippen LogP contribution in [0, 0.1) is 17.0 Å². The van der Waals surface area contributed by atoms with Gasteiger partial charge in [-0.2, -0.15) is 0 Å². The standard InChI is InChI=1S/C16H23N3O5/c1-11-12(7-5-8-13(11)19(22)23)18-14(20)9-6-10-17-15(21)24-16(2,3)4/h5,7-8H,6,9-10H2,1-4H3,(H,17,21)(H,18,20). The predicted octanol–water partition coefficient (Wildman–Crippen LogP) is 3.15. The highest BCUT2D eigenvalue weighted by atomic mass is 16.6. The van der Waals surface area contributed by atoms with Crippen molar-refractivity contribution >= 4 is 23.4 Å². The van der Waals surface area contributed by atoms with Gasteiger partial charge in [0.1, 0.15) is 5.60 Å². The number of hydrogen-bond donors (Lipinski definition) is 2. The zero-order valence-corrected chi connectivity index (χ0v) is 14.3. The smallest absolute Gasteiger partial charge is 0.407 e. The molecule has 0 atom stereocenters. The Morgan fingerprint density at radius 1 is 1.29 bits per heavy atom. The van der Waals surface area contributed by atoms with Gasteiger partial charge in [-0.25, -0.2) is 4.79 Å². The molecule has 0 bridgehead atoms. The van der Waals surface area contributed by atoms with Gasteiger partial charge in [-0.3, -0.25) is 14.9 Å². The second-order valence-corrected chi connectivity index (χ2v) is 6.29. The molecule has 0 fully saturated rings. The molecule has 8 nitrogen and oxygen atoms in total. The minimum atomic E-state index is -0.568. The highest BCUT2D eigenvalue weighted by Crippen LogP contribution is 2.25. The van der Waals surface area contributed by atoms with E-state index in [1.165, 1.54) is 12.1 Å². The van der Waals surface area contributed by atoms with Crippen LogP contribution in [0.4, 0.5) is 16.2 Å². The van der Waals surface area contributed by atoms with Crippen molar-refractivity contribution in [3.05, 3.63) is 33.9 Å². The van der Waals surface area contributed by atoms with Crippen LogP contribution in [-0.4, -0.2) is 29.1 Å². The van der Waals surface area contributed by atoms with Crippen molar-refractivity contribution in [3.8, 4) is 0 Å². The molecule has 2 N–H and O–H groups in total. The van der Waals surface area contributed by atoms with Gasteiger partial charge in [0.2, 0.25) is 5.91 Å². The second kappa shape index (κ2) is 8.28. The van der Waals surface area contributed by atoms with Gasteiger partial charge < -0.3 is 15.4 Å². The Morgan fingerprint density at radius 3 is 2.54 bits per heavy atom. The number of nitro benzene ring substituents is 1. The molecule has 0 saturated carbocycles. The average molecular weight is 337 g/mol. The number of carbonyl (C=O) groups excluding carboxylic acids is 2. The van der Waals surface area contributed by atoms with Crippen LogP contribution in [0.25, 0.3) is 0 Å². The fraction of sp³-hybridized carbons (Fsp3) is 0.500. The largest absolute Gasteiger partial charge is 0.444 e. The van der Waals surface area contributed by atoms with E-state index in [0.717, 1.165) is 0 Å². The first-order valence-electron chi connectivity index (χ1n) is 7.61. The van der Waals surface area contributed by atoms with Crippen LogP contribution in [0.2, 0.25) is 0 Å². The van der Waals surface area contributed by atoms with E-state index in [4.69, 9.17) is 4.74 Å². The summed E-state index contributed by atoms with van der Waals surface area (Å²) in [6.45, 7) is 7.18. The second-order valence-electron chi connectivity index (χ2n) is 6.29. The van der Waals surface area contributed by atoms with E-state index in [-0.39, 0.29) is 18.0 Å². The molecule has 2 amide bonds. The van der Waals surface area contributed by atoms with Gasteiger partial charge in [0.05, 0.1) is 16.2 Å². The van der Waals surface area contributed by atoms with Crippen LogP contribution < -0.4 is 10.6 Å². The fourth-order valence-electron chi connectivity index (χ4n) is 1.92. The molecular formula is C16H23N3O5. The van der Waals surface area contributed by atoms with Crippen LogP contribution in [0.3, 0.4) is 0 Å². The molecule has 1 rings (SSSR count). The van der Waals surface area contributed by atoms with E-state index in [1.54, 1.807) is 33.8 Å². The molecule has 0 radical (unpaired) electrons. The monoisotopic (exact) mass is 337 g/mol. The highest BCUT2D eigenvalue weighted by molar-refractivity contribution is 5.92. The number of nitrogens with one attached hydrogen (secondary N) is 2. The lowest BCUT2D eigenvalue weighted by Crippen LogP contribution is -2.33. The van der Waals surface area contributed by atoms with Crippen molar-refractivity contribution in [2.24, 2.45) is 0 Å². The number of anilines is 1. The van der Waals surface area contributed by atoms with E-state index in [2.05, 4.69) is 10.6 Å². The zero-order chi connectivity index (χ0) is 18.3. The number of hydrogen-bond acceptors (Lipinski definition) is 5. The summed E-state index contributed by atoms with van der Waals surface area (Å²) in [6.07, 6.45) is 0.0780. The van der Waals surface area contributed by atoms with Gasteiger partial charge in [0, 0.05) is 19.0 Å². The maximum atomic E-state index is 11.9. The molecule has 1 aromatic carbocycles. The van der Waals surface area contributed by atoms with Gasteiger partial charge in [-0.05, 0) is 40.2 Å². The van der Waals surface area contributed by atoms with Crippen molar-refractivity contribution < 1.29 is 19.2 Å². The Labute approximate surface area is 140 Å². The summed E-state index contributed by atoms with van der Waals surface area (Å²) in [7, 11) is 0. The molecule has 1 aromatic rings. The Balaban J connectivity index is 2.41. The number of rotatable bonds is 6. The normalized spacial score (nSPS) is 10.8. The van der Waals surface area contributed by atoms with Crippen molar-refractivity contribution in [1.29, 1.82) is 0 Å². The lowest BCUT2D eigenvalue weighted by Gasteiger charge is -2.19. The van der Waals surface area contributed by atoms with Crippen molar-refractivity contribution in [3.63, 3.8) is 0 Å². The third kappa shape index (κ3) is 6.64. The fourth-order valence-corrected chi connectivity index (χ4v) is 1.92. The number of nitrogens with zero attached hydrogens (tertiary/aromatic N) is 1. The van der Waals surface area contributed by atoms with Crippen LogP contribution >= 0.6 is 0 Å². The molecule has 0 aliphatic heterocycles. The van der Waals surface area contributed by atoms with E-state index < -0.39 is 16.6 Å². The zero-order valence-electron chi connectivity index (χ0n) is 14.3. The molecule has 0 aliphatic rings. The SMILES string of the molecule is Cc1c(NC(=O)CCCNC(=O)OC(C)(C)C)cccc1[N+](=O)[O-]. The van der Waals surface area contributed by atoms with Gasteiger partial charge >= 0.3 is 6.09 Å².